The van der Waals surface area contributed by atoms with E-state index < -0.39 is 0 Å². The highest BCUT2D eigenvalue weighted by atomic mass is 79.9. The van der Waals surface area contributed by atoms with Gasteiger partial charge in [0, 0.05) is 6.61 Å². The standard InChI is InChI=1S/C13H18BrFO/c1-13(2,3)10(8-16)6-9-4-5-12(15)11(14)7-9/h4-5,7,10,16H,6,8H2,1-3H3. The van der Waals surface area contributed by atoms with Crippen LogP contribution in [0.2, 0.25) is 0 Å². The lowest BCUT2D eigenvalue weighted by Gasteiger charge is -2.29. The van der Waals surface area contributed by atoms with Crippen molar-refractivity contribution in [1.82, 2.24) is 0 Å². The van der Waals surface area contributed by atoms with Crippen LogP contribution >= 0.6 is 15.9 Å². The summed E-state index contributed by atoms with van der Waals surface area (Å²) in [5, 5.41) is 9.36. The maximum atomic E-state index is 13.1. The Bertz CT molecular complexity index is 357. The molecule has 1 aromatic rings. The fraction of sp³-hybridized carbons (Fsp3) is 0.538. The molecule has 0 saturated heterocycles. The number of benzene rings is 1. The first-order valence-electron chi connectivity index (χ1n) is 5.39. The fourth-order valence-corrected chi connectivity index (χ4v) is 2.02. The molecule has 0 heterocycles. The van der Waals surface area contributed by atoms with Gasteiger partial charge in [0.1, 0.15) is 5.82 Å². The number of hydrogen-bond donors (Lipinski definition) is 1. The second-order valence-corrected chi connectivity index (χ2v) is 6.05. The molecule has 1 aromatic carbocycles. The van der Waals surface area contributed by atoms with Crippen LogP contribution in [0.15, 0.2) is 22.7 Å². The summed E-state index contributed by atoms with van der Waals surface area (Å²) in [6.07, 6.45) is 0.763. The number of rotatable bonds is 3. The Hall–Kier alpha value is -0.410. The van der Waals surface area contributed by atoms with Crippen LogP contribution in [0.4, 0.5) is 4.39 Å². The maximum absolute atomic E-state index is 13.1. The molecule has 0 amide bonds. The average molecular weight is 289 g/mol. The van der Waals surface area contributed by atoms with Gasteiger partial charge in [-0.3, -0.25) is 0 Å². The molecule has 1 unspecified atom stereocenters. The SMILES string of the molecule is CC(C)(C)C(CO)Cc1ccc(F)c(Br)c1. The van der Waals surface area contributed by atoms with Gasteiger partial charge in [0.15, 0.2) is 0 Å². The van der Waals surface area contributed by atoms with Crippen LogP contribution in [0.3, 0.4) is 0 Å². The molecule has 3 heteroatoms. The highest BCUT2D eigenvalue weighted by Gasteiger charge is 2.24. The maximum Gasteiger partial charge on any atom is 0.137 e. The third-order valence-corrected chi connectivity index (χ3v) is 3.52. The smallest absolute Gasteiger partial charge is 0.137 e. The summed E-state index contributed by atoms with van der Waals surface area (Å²) in [6.45, 7) is 6.46. The Labute approximate surface area is 105 Å². The second kappa shape index (κ2) is 5.28. The van der Waals surface area contributed by atoms with Gasteiger partial charge in [0.05, 0.1) is 4.47 Å². The molecule has 1 N–H and O–H groups in total. The predicted octanol–water partition coefficient (Wildman–Crippen LogP) is 3.79. The van der Waals surface area contributed by atoms with Gasteiger partial charge in [0.2, 0.25) is 0 Å². The zero-order valence-corrected chi connectivity index (χ0v) is 11.5. The molecular weight excluding hydrogens is 271 g/mol. The van der Waals surface area contributed by atoms with E-state index in [2.05, 4.69) is 36.7 Å². The Morgan fingerprint density at radius 2 is 2.00 bits per heavy atom. The normalized spacial score (nSPS) is 13.9. The van der Waals surface area contributed by atoms with E-state index in [9.17, 15) is 9.50 Å². The minimum absolute atomic E-state index is 0.0512. The van der Waals surface area contributed by atoms with Crippen molar-refractivity contribution in [3.63, 3.8) is 0 Å². The molecule has 0 aromatic heterocycles. The minimum Gasteiger partial charge on any atom is -0.396 e. The van der Waals surface area contributed by atoms with Crippen LogP contribution in [-0.2, 0) is 6.42 Å². The van der Waals surface area contributed by atoms with Gasteiger partial charge < -0.3 is 5.11 Å². The topological polar surface area (TPSA) is 20.2 Å². The van der Waals surface area contributed by atoms with Crippen LogP contribution < -0.4 is 0 Å². The van der Waals surface area contributed by atoms with Crippen LogP contribution in [-0.4, -0.2) is 11.7 Å². The van der Waals surface area contributed by atoms with Gasteiger partial charge in [-0.15, -0.1) is 0 Å². The lowest BCUT2D eigenvalue weighted by molar-refractivity contribution is 0.131. The molecule has 1 rings (SSSR count). The van der Waals surface area contributed by atoms with Gasteiger partial charge >= 0.3 is 0 Å². The van der Waals surface area contributed by atoms with Crippen molar-refractivity contribution in [2.24, 2.45) is 11.3 Å². The van der Waals surface area contributed by atoms with E-state index in [1.807, 2.05) is 0 Å². The summed E-state index contributed by atoms with van der Waals surface area (Å²) in [5.41, 5.74) is 1.09. The molecule has 0 fully saturated rings. The second-order valence-electron chi connectivity index (χ2n) is 5.20. The molecular formula is C13H18BrFO. The number of hydrogen-bond acceptors (Lipinski definition) is 1. The molecule has 0 bridgehead atoms. The summed E-state index contributed by atoms with van der Waals surface area (Å²) in [7, 11) is 0. The zero-order chi connectivity index (χ0) is 12.3. The van der Waals surface area contributed by atoms with E-state index in [0.29, 0.717) is 4.47 Å². The van der Waals surface area contributed by atoms with Gasteiger partial charge in [-0.25, -0.2) is 4.39 Å². The molecule has 90 valence electrons. The van der Waals surface area contributed by atoms with E-state index in [1.54, 1.807) is 12.1 Å². The Balaban J connectivity index is 2.83. The fourth-order valence-electron chi connectivity index (χ4n) is 1.60. The van der Waals surface area contributed by atoms with Crippen LogP contribution in [0.25, 0.3) is 0 Å². The van der Waals surface area contributed by atoms with E-state index in [-0.39, 0.29) is 23.8 Å². The molecule has 0 aliphatic heterocycles. The number of halogens is 2. The summed E-state index contributed by atoms with van der Waals surface area (Å²) in [4.78, 5) is 0. The van der Waals surface area contributed by atoms with Crippen LogP contribution in [0.1, 0.15) is 26.3 Å². The third-order valence-electron chi connectivity index (χ3n) is 2.91. The van der Waals surface area contributed by atoms with Crippen molar-refractivity contribution < 1.29 is 9.50 Å². The quantitative estimate of drug-likeness (QED) is 0.897. The molecule has 1 nitrogen and oxygen atoms in total. The minimum atomic E-state index is -0.250. The summed E-state index contributed by atoms with van der Waals surface area (Å²) < 4.78 is 13.5. The van der Waals surface area contributed by atoms with Crippen LogP contribution in [0.5, 0.6) is 0 Å². The van der Waals surface area contributed by atoms with E-state index in [1.165, 1.54) is 6.07 Å². The number of aliphatic hydroxyl groups excluding tert-OH is 1. The zero-order valence-electron chi connectivity index (χ0n) is 9.93. The van der Waals surface area contributed by atoms with E-state index >= 15 is 0 Å². The number of aliphatic hydroxyl groups is 1. The van der Waals surface area contributed by atoms with E-state index in [4.69, 9.17) is 0 Å². The van der Waals surface area contributed by atoms with Gasteiger partial charge in [-0.1, -0.05) is 26.8 Å². The Morgan fingerprint density at radius 1 is 1.38 bits per heavy atom. The Kier molecular flexibility index (Phi) is 4.51. The molecule has 0 spiro atoms. The lowest BCUT2D eigenvalue weighted by Crippen LogP contribution is -2.26. The molecule has 1 atom stereocenters. The van der Waals surface area contributed by atoms with Crippen molar-refractivity contribution in [2.45, 2.75) is 27.2 Å². The highest BCUT2D eigenvalue weighted by Crippen LogP contribution is 2.29. The average Bonchev–Trinajstić information content (AvgIpc) is 2.18. The molecule has 16 heavy (non-hydrogen) atoms. The van der Waals surface area contributed by atoms with Crippen molar-refractivity contribution >= 4 is 15.9 Å². The summed E-state index contributed by atoms with van der Waals surface area (Å²) >= 11 is 3.17. The molecule has 0 saturated carbocycles. The summed E-state index contributed by atoms with van der Waals surface area (Å²) in [5.74, 6) is -0.0649. The molecule has 0 aliphatic rings. The first-order chi connectivity index (χ1) is 7.34. The van der Waals surface area contributed by atoms with Crippen molar-refractivity contribution in [2.75, 3.05) is 6.61 Å². The molecule has 0 aliphatic carbocycles. The highest BCUT2D eigenvalue weighted by molar-refractivity contribution is 9.10. The van der Waals surface area contributed by atoms with Gasteiger partial charge in [-0.2, -0.15) is 0 Å². The van der Waals surface area contributed by atoms with Gasteiger partial charge in [0.25, 0.3) is 0 Å². The summed E-state index contributed by atoms with van der Waals surface area (Å²) in [6, 6.07) is 5.01. The predicted molar refractivity (Wildman–Crippen MR) is 67.8 cm³/mol. The van der Waals surface area contributed by atoms with E-state index in [0.717, 1.165) is 12.0 Å². The monoisotopic (exact) mass is 288 g/mol. The largest absolute Gasteiger partial charge is 0.396 e. The van der Waals surface area contributed by atoms with Crippen molar-refractivity contribution in [3.05, 3.63) is 34.1 Å². The lowest BCUT2D eigenvalue weighted by atomic mass is 9.78. The molecule has 0 radical (unpaired) electrons. The van der Waals surface area contributed by atoms with Crippen molar-refractivity contribution in [3.8, 4) is 0 Å². The first-order valence-corrected chi connectivity index (χ1v) is 6.18. The Morgan fingerprint density at radius 3 is 2.44 bits per heavy atom. The van der Waals surface area contributed by atoms with Crippen LogP contribution in [0, 0.1) is 17.2 Å². The first kappa shape index (κ1) is 13.7. The van der Waals surface area contributed by atoms with Crippen molar-refractivity contribution in [1.29, 1.82) is 0 Å². The third kappa shape index (κ3) is 3.56. The van der Waals surface area contributed by atoms with Gasteiger partial charge in [-0.05, 0) is 51.4 Å².